The van der Waals surface area contributed by atoms with Gasteiger partial charge in [0.2, 0.25) is 0 Å². The van der Waals surface area contributed by atoms with Gasteiger partial charge in [0.1, 0.15) is 0 Å². The van der Waals surface area contributed by atoms with Gasteiger partial charge in [-0.3, -0.25) is 4.98 Å². The summed E-state index contributed by atoms with van der Waals surface area (Å²) in [5, 5.41) is 4.73. The van der Waals surface area contributed by atoms with Gasteiger partial charge in [0, 0.05) is 47.1 Å². The highest BCUT2D eigenvalue weighted by Crippen LogP contribution is 2.22. The second kappa shape index (κ2) is 6.41. The van der Waals surface area contributed by atoms with Crippen LogP contribution in [0.25, 0.3) is 10.9 Å². The molecule has 0 amide bonds. The first-order valence-electron chi connectivity index (χ1n) is 7.15. The molecule has 0 unspecified atom stereocenters. The first-order valence-corrected chi connectivity index (χ1v) is 7.94. The molecule has 0 saturated carbocycles. The molecular formula is C17H18BrN3. The van der Waals surface area contributed by atoms with E-state index in [4.69, 9.17) is 0 Å². The van der Waals surface area contributed by atoms with Crippen LogP contribution in [0.3, 0.4) is 0 Å². The standard InChI is InChI=1S/C17H18BrN3/c1-2-19-9-14-12-21(17-6-4-3-5-16(14)17)11-13-7-15(18)10-20-8-13/h3-8,10,12,19H,2,9,11H2,1H3. The normalized spacial score (nSPS) is 11.1. The lowest BCUT2D eigenvalue weighted by Crippen LogP contribution is -2.11. The molecule has 0 radical (unpaired) electrons. The molecule has 2 aromatic heterocycles. The molecule has 3 aromatic rings. The number of nitrogens with zero attached hydrogens (tertiary/aromatic N) is 2. The van der Waals surface area contributed by atoms with Gasteiger partial charge in [0.25, 0.3) is 0 Å². The Hall–Kier alpha value is -1.65. The Morgan fingerprint density at radius 3 is 2.90 bits per heavy atom. The Balaban J connectivity index is 1.98. The van der Waals surface area contributed by atoms with E-state index >= 15 is 0 Å². The van der Waals surface area contributed by atoms with E-state index in [1.165, 1.54) is 22.0 Å². The number of para-hydroxylation sites is 1. The molecule has 3 nitrogen and oxygen atoms in total. The summed E-state index contributed by atoms with van der Waals surface area (Å²) >= 11 is 3.48. The lowest BCUT2D eigenvalue weighted by Gasteiger charge is -2.05. The molecule has 0 saturated heterocycles. The summed E-state index contributed by atoms with van der Waals surface area (Å²) in [5.41, 5.74) is 3.81. The SMILES string of the molecule is CCNCc1cn(Cc2cncc(Br)c2)c2ccccc12. The van der Waals surface area contributed by atoms with Crippen molar-refractivity contribution in [2.24, 2.45) is 0 Å². The largest absolute Gasteiger partial charge is 0.343 e. The van der Waals surface area contributed by atoms with Crippen LogP contribution >= 0.6 is 15.9 Å². The second-order valence-electron chi connectivity index (χ2n) is 5.09. The van der Waals surface area contributed by atoms with Crippen LogP contribution in [0, 0.1) is 0 Å². The molecule has 0 bridgehead atoms. The summed E-state index contributed by atoms with van der Waals surface area (Å²) in [7, 11) is 0. The Morgan fingerprint density at radius 2 is 2.10 bits per heavy atom. The number of nitrogens with one attached hydrogen (secondary N) is 1. The van der Waals surface area contributed by atoms with Gasteiger partial charge in [-0.1, -0.05) is 25.1 Å². The topological polar surface area (TPSA) is 29.9 Å². The van der Waals surface area contributed by atoms with Gasteiger partial charge in [-0.2, -0.15) is 0 Å². The lowest BCUT2D eigenvalue weighted by molar-refractivity contribution is 0.724. The third-order valence-electron chi connectivity index (χ3n) is 3.55. The molecule has 0 spiro atoms. The molecule has 1 N–H and O–H groups in total. The maximum Gasteiger partial charge on any atom is 0.0491 e. The van der Waals surface area contributed by atoms with Gasteiger partial charge in [0.05, 0.1) is 0 Å². The number of benzene rings is 1. The van der Waals surface area contributed by atoms with Gasteiger partial charge >= 0.3 is 0 Å². The van der Waals surface area contributed by atoms with Crippen LogP contribution in [0.1, 0.15) is 18.1 Å². The zero-order valence-electron chi connectivity index (χ0n) is 12.0. The molecule has 2 heterocycles. The fourth-order valence-corrected chi connectivity index (χ4v) is 3.01. The van der Waals surface area contributed by atoms with Crippen molar-refractivity contribution in [2.75, 3.05) is 6.54 Å². The van der Waals surface area contributed by atoms with E-state index < -0.39 is 0 Å². The molecule has 0 aliphatic carbocycles. The van der Waals surface area contributed by atoms with Gasteiger partial charge in [-0.25, -0.2) is 0 Å². The van der Waals surface area contributed by atoms with Crippen molar-refractivity contribution < 1.29 is 0 Å². The molecular weight excluding hydrogens is 326 g/mol. The molecule has 3 rings (SSSR count). The Morgan fingerprint density at radius 1 is 1.24 bits per heavy atom. The average Bonchev–Trinajstić information content (AvgIpc) is 2.84. The van der Waals surface area contributed by atoms with E-state index in [1.54, 1.807) is 0 Å². The van der Waals surface area contributed by atoms with Gasteiger partial charge < -0.3 is 9.88 Å². The minimum Gasteiger partial charge on any atom is -0.343 e. The van der Waals surface area contributed by atoms with Crippen molar-refractivity contribution in [1.29, 1.82) is 0 Å². The van der Waals surface area contributed by atoms with E-state index in [0.29, 0.717) is 0 Å². The zero-order chi connectivity index (χ0) is 14.7. The van der Waals surface area contributed by atoms with Crippen molar-refractivity contribution in [2.45, 2.75) is 20.0 Å². The Kier molecular flexibility index (Phi) is 4.36. The third-order valence-corrected chi connectivity index (χ3v) is 3.98. The number of pyridine rings is 1. The monoisotopic (exact) mass is 343 g/mol. The molecule has 108 valence electrons. The first kappa shape index (κ1) is 14.3. The molecule has 0 aliphatic heterocycles. The predicted molar refractivity (Wildman–Crippen MR) is 90.4 cm³/mol. The molecule has 0 atom stereocenters. The fourth-order valence-electron chi connectivity index (χ4n) is 2.59. The Bertz CT molecular complexity index is 749. The summed E-state index contributed by atoms with van der Waals surface area (Å²) in [6.07, 6.45) is 5.98. The number of fused-ring (bicyclic) bond motifs is 1. The average molecular weight is 344 g/mol. The van der Waals surface area contributed by atoms with Crippen LogP contribution in [0.5, 0.6) is 0 Å². The van der Waals surface area contributed by atoms with Gasteiger partial charge in [-0.05, 0) is 45.7 Å². The smallest absolute Gasteiger partial charge is 0.0491 e. The number of rotatable bonds is 5. The van der Waals surface area contributed by atoms with E-state index in [1.807, 2.05) is 12.4 Å². The van der Waals surface area contributed by atoms with Crippen molar-refractivity contribution in [3.63, 3.8) is 0 Å². The molecule has 21 heavy (non-hydrogen) atoms. The number of aromatic nitrogens is 2. The Labute approximate surface area is 133 Å². The highest BCUT2D eigenvalue weighted by molar-refractivity contribution is 9.10. The summed E-state index contributed by atoms with van der Waals surface area (Å²) in [5.74, 6) is 0. The van der Waals surface area contributed by atoms with E-state index in [-0.39, 0.29) is 0 Å². The van der Waals surface area contributed by atoms with Crippen LogP contribution in [-0.2, 0) is 13.1 Å². The van der Waals surface area contributed by atoms with Crippen molar-refractivity contribution >= 4 is 26.8 Å². The van der Waals surface area contributed by atoms with E-state index in [9.17, 15) is 0 Å². The molecule has 4 heteroatoms. The van der Waals surface area contributed by atoms with Crippen LogP contribution in [-0.4, -0.2) is 16.1 Å². The summed E-state index contributed by atoms with van der Waals surface area (Å²) in [6.45, 7) is 4.85. The number of hydrogen-bond donors (Lipinski definition) is 1. The van der Waals surface area contributed by atoms with Crippen molar-refractivity contribution in [1.82, 2.24) is 14.9 Å². The van der Waals surface area contributed by atoms with Crippen LogP contribution < -0.4 is 5.32 Å². The first-order chi connectivity index (χ1) is 10.3. The summed E-state index contributed by atoms with van der Waals surface area (Å²) in [4.78, 5) is 4.24. The predicted octanol–water partition coefficient (Wildman–Crippen LogP) is 3.96. The number of hydrogen-bond acceptors (Lipinski definition) is 2. The van der Waals surface area contributed by atoms with Gasteiger partial charge in [0.15, 0.2) is 0 Å². The minimum atomic E-state index is 0.832. The van der Waals surface area contributed by atoms with Crippen LogP contribution in [0.15, 0.2) is 53.4 Å². The maximum absolute atomic E-state index is 4.24. The van der Waals surface area contributed by atoms with E-state index in [0.717, 1.165) is 24.1 Å². The zero-order valence-corrected chi connectivity index (χ0v) is 13.6. The summed E-state index contributed by atoms with van der Waals surface area (Å²) < 4.78 is 3.31. The van der Waals surface area contributed by atoms with E-state index in [2.05, 4.69) is 74.3 Å². The van der Waals surface area contributed by atoms with Crippen LogP contribution in [0.4, 0.5) is 0 Å². The fraction of sp³-hybridized carbons (Fsp3) is 0.235. The maximum atomic E-state index is 4.24. The summed E-state index contributed by atoms with van der Waals surface area (Å²) in [6, 6.07) is 10.7. The second-order valence-corrected chi connectivity index (χ2v) is 6.01. The van der Waals surface area contributed by atoms with Crippen LogP contribution in [0.2, 0.25) is 0 Å². The highest BCUT2D eigenvalue weighted by atomic mass is 79.9. The quantitative estimate of drug-likeness (QED) is 0.759. The molecule has 0 fully saturated rings. The number of halogens is 1. The van der Waals surface area contributed by atoms with Crippen molar-refractivity contribution in [3.8, 4) is 0 Å². The lowest BCUT2D eigenvalue weighted by atomic mass is 10.2. The minimum absolute atomic E-state index is 0.832. The van der Waals surface area contributed by atoms with Gasteiger partial charge in [-0.15, -0.1) is 0 Å². The van der Waals surface area contributed by atoms with Crippen molar-refractivity contribution in [3.05, 3.63) is 64.5 Å². The molecule has 0 aliphatic rings. The molecule has 1 aromatic carbocycles. The highest BCUT2D eigenvalue weighted by Gasteiger charge is 2.08. The third kappa shape index (κ3) is 3.17.